The summed E-state index contributed by atoms with van der Waals surface area (Å²) in [5.41, 5.74) is 0.146. The lowest BCUT2D eigenvalue weighted by Gasteiger charge is -2.23. The number of anilines is 1. The van der Waals surface area contributed by atoms with Crippen LogP contribution in [0.3, 0.4) is 0 Å². The molecule has 0 spiro atoms. The Morgan fingerprint density at radius 2 is 2.12 bits per heavy atom. The average molecular weight is 357 g/mol. The molecule has 1 heterocycles. The first-order valence-corrected chi connectivity index (χ1v) is 8.25. The maximum absolute atomic E-state index is 13.6. The van der Waals surface area contributed by atoms with E-state index in [2.05, 4.69) is 5.32 Å². The molecule has 1 atom stereocenters. The number of carboxylic acid groups (broad SMARTS) is 1. The summed E-state index contributed by atoms with van der Waals surface area (Å²) in [5.74, 6) is -1.53. The van der Waals surface area contributed by atoms with E-state index < -0.39 is 17.2 Å². The van der Waals surface area contributed by atoms with Crippen molar-refractivity contribution in [3.05, 3.63) is 29.0 Å². The average Bonchev–Trinajstić information content (AvgIpc) is 2.87. The molecule has 0 aromatic heterocycles. The molecule has 2 N–H and O–H groups in total. The van der Waals surface area contributed by atoms with Crippen molar-refractivity contribution in [2.45, 2.75) is 39.2 Å². The topological polar surface area (TPSA) is 69.6 Å². The van der Waals surface area contributed by atoms with Crippen molar-refractivity contribution in [3.63, 3.8) is 0 Å². The van der Waals surface area contributed by atoms with Gasteiger partial charge in [0.25, 0.3) is 0 Å². The van der Waals surface area contributed by atoms with E-state index in [0.29, 0.717) is 13.1 Å². The zero-order valence-electron chi connectivity index (χ0n) is 13.8. The molecule has 1 fully saturated rings. The van der Waals surface area contributed by atoms with Crippen LogP contribution in [0.15, 0.2) is 18.2 Å². The Morgan fingerprint density at radius 3 is 2.75 bits per heavy atom. The van der Waals surface area contributed by atoms with Gasteiger partial charge in [-0.15, -0.1) is 0 Å². The Bertz CT molecular complexity index is 636. The summed E-state index contributed by atoms with van der Waals surface area (Å²) in [6, 6.07) is 4.64. The van der Waals surface area contributed by atoms with Gasteiger partial charge in [0, 0.05) is 31.2 Å². The van der Waals surface area contributed by atoms with Gasteiger partial charge in [-0.1, -0.05) is 25.4 Å². The molecule has 0 saturated carbocycles. The van der Waals surface area contributed by atoms with Crippen molar-refractivity contribution >= 4 is 29.2 Å². The van der Waals surface area contributed by atoms with Crippen LogP contribution in [0.1, 0.15) is 33.1 Å². The summed E-state index contributed by atoms with van der Waals surface area (Å²) >= 11 is 5.69. The number of hydrogen-bond acceptors (Lipinski definition) is 3. The van der Waals surface area contributed by atoms with E-state index in [9.17, 15) is 14.0 Å². The fourth-order valence-electron chi connectivity index (χ4n) is 2.98. The predicted molar refractivity (Wildman–Crippen MR) is 90.8 cm³/mol. The van der Waals surface area contributed by atoms with E-state index in [1.807, 2.05) is 4.90 Å². The highest BCUT2D eigenvalue weighted by Gasteiger charge is 2.29. The number of carboxylic acids is 1. The number of amides is 1. The molecule has 1 aliphatic heterocycles. The van der Waals surface area contributed by atoms with Gasteiger partial charge in [0.1, 0.15) is 5.82 Å². The highest BCUT2D eigenvalue weighted by atomic mass is 35.5. The molecule has 1 aromatic carbocycles. The molecule has 0 bridgehead atoms. The summed E-state index contributed by atoms with van der Waals surface area (Å²) in [7, 11) is 0. The summed E-state index contributed by atoms with van der Waals surface area (Å²) in [6.07, 6.45) is 0.863. The third kappa shape index (κ3) is 5.09. The van der Waals surface area contributed by atoms with E-state index in [1.54, 1.807) is 19.9 Å². The second-order valence-electron chi connectivity index (χ2n) is 7.01. The number of aliphatic carboxylic acids is 1. The molecule has 24 heavy (non-hydrogen) atoms. The standard InChI is InChI=1S/C17H22ClFN2O3/c1-17(2,9-16(23)24)8-15(22)20-11-5-6-21(10-11)12-3-4-13(18)14(19)7-12/h3-4,7,11H,5-6,8-10H2,1-2H3,(H,20,22)(H,23,24). The van der Waals surface area contributed by atoms with Crippen LogP contribution in [0.5, 0.6) is 0 Å². The molecule has 1 saturated heterocycles. The number of carbonyl (C=O) groups excluding carboxylic acids is 1. The van der Waals surface area contributed by atoms with E-state index in [0.717, 1.165) is 12.1 Å². The molecule has 1 aliphatic rings. The number of halogens is 2. The fraction of sp³-hybridized carbons (Fsp3) is 0.529. The van der Waals surface area contributed by atoms with Gasteiger partial charge in [0.05, 0.1) is 11.4 Å². The van der Waals surface area contributed by atoms with Gasteiger partial charge in [-0.25, -0.2) is 4.39 Å². The maximum Gasteiger partial charge on any atom is 0.303 e. The van der Waals surface area contributed by atoms with Gasteiger partial charge >= 0.3 is 5.97 Å². The number of nitrogens with zero attached hydrogens (tertiary/aromatic N) is 1. The molecule has 1 aromatic rings. The van der Waals surface area contributed by atoms with Crippen molar-refractivity contribution in [3.8, 4) is 0 Å². The largest absolute Gasteiger partial charge is 0.481 e. The number of nitrogens with one attached hydrogen (secondary N) is 1. The summed E-state index contributed by atoms with van der Waals surface area (Å²) in [4.78, 5) is 24.9. The zero-order valence-corrected chi connectivity index (χ0v) is 14.6. The third-order valence-corrected chi connectivity index (χ3v) is 4.40. The molecule has 0 aliphatic carbocycles. The summed E-state index contributed by atoms with van der Waals surface area (Å²) in [5, 5.41) is 11.9. The minimum absolute atomic E-state index is 0.0307. The Morgan fingerprint density at radius 1 is 1.42 bits per heavy atom. The van der Waals surface area contributed by atoms with Gasteiger partial charge in [-0.2, -0.15) is 0 Å². The molecular weight excluding hydrogens is 335 g/mol. The molecule has 5 nitrogen and oxygen atoms in total. The Balaban J connectivity index is 1.88. The predicted octanol–water partition coefficient (Wildman–Crippen LogP) is 3.07. The highest BCUT2D eigenvalue weighted by molar-refractivity contribution is 6.30. The Kier molecular flexibility index (Phi) is 5.70. The molecule has 7 heteroatoms. The monoisotopic (exact) mass is 356 g/mol. The SMILES string of the molecule is CC(C)(CC(=O)O)CC(=O)NC1CCN(c2ccc(Cl)c(F)c2)C1. The minimum Gasteiger partial charge on any atom is -0.481 e. The maximum atomic E-state index is 13.6. The van der Waals surface area contributed by atoms with E-state index in [1.165, 1.54) is 12.1 Å². The third-order valence-electron chi connectivity index (χ3n) is 4.09. The van der Waals surface area contributed by atoms with Crippen molar-refractivity contribution in [1.29, 1.82) is 0 Å². The Hall–Kier alpha value is -1.82. The van der Waals surface area contributed by atoms with Crippen LogP contribution in [0, 0.1) is 11.2 Å². The van der Waals surface area contributed by atoms with Crippen molar-refractivity contribution in [1.82, 2.24) is 5.32 Å². The molecule has 0 radical (unpaired) electrons. The fourth-order valence-corrected chi connectivity index (χ4v) is 3.10. The first-order chi connectivity index (χ1) is 11.2. The van der Waals surface area contributed by atoms with Crippen LogP contribution >= 0.6 is 11.6 Å². The van der Waals surface area contributed by atoms with E-state index in [4.69, 9.17) is 16.7 Å². The molecule has 1 unspecified atom stereocenters. The summed E-state index contributed by atoms with van der Waals surface area (Å²) < 4.78 is 13.6. The molecular formula is C17H22ClFN2O3. The Labute approximate surface area is 145 Å². The van der Waals surface area contributed by atoms with Crippen molar-refractivity contribution in [2.75, 3.05) is 18.0 Å². The number of benzene rings is 1. The lowest BCUT2D eigenvalue weighted by molar-refractivity contribution is -0.139. The van der Waals surface area contributed by atoms with Crippen molar-refractivity contribution < 1.29 is 19.1 Å². The van der Waals surface area contributed by atoms with Crippen LogP contribution in [-0.2, 0) is 9.59 Å². The van der Waals surface area contributed by atoms with Crippen LogP contribution in [-0.4, -0.2) is 36.1 Å². The van der Waals surface area contributed by atoms with Gasteiger partial charge in [-0.05, 0) is 30.0 Å². The van der Waals surface area contributed by atoms with Crippen LogP contribution < -0.4 is 10.2 Å². The van der Waals surface area contributed by atoms with Gasteiger partial charge < -0.3 is 15.3 Å². The first-order valence-electron chi connectivity index (χ1n) is 7.87. The molecule has 132 valence electrons. The lowest BCUT2D eigenvalue weighted by atomic mass is 9.85. The van der Waals surface area contributed by atoms with Crippen LogP contribution in [0.2, 0.25) is 5.02 Å². The number of rotatable bonds is 6. The second kappa shape index (κ2) is 7.38. The zero-order chi connectivity index (χ0) is 17.9. The van der Waals surface area contributed by atoms with Crippen LogP contribution in [0.4, 0.5) is 10.1 Å². The normalized spacial score (nSPS) is 17.8. The minimum atomic E-state index is -0.912. The van der Waals surface area contributed by atoms with Gasteiger partial charge in [-0.3, -0.25) is 9.59 Å². The van der Waals surface area contributed by atoms with Gasteiger partial charge in [0.2, 0.25) is 5.91 Å². The molecule has 2 rings (SSSR count). The second-order valence-corrected chi connectivity index (χ2v) is 7.42. The smallest absolute Gasteiger partial charge is 0.303 e. The van der Waals surface area contributed by atoms with E-state index in [-0.39, 0.29) is 29.8 Å². The van der Waals surface area contributed by atoms with Crippen LogP contribution in [0.25, 0.3) is 0 Å². The number of hydrogen-bond donors (Lipinski definition) is 2. The molecule has 1 amide bonds. The quantitative estimate of drug-likeness (QED) is 0.821. The van der Waals surface area contributed by atoms with Gasteiger partial charge in [0.15, 0.2) is 0 Å². The summed E-state index contributed by atoms with van der Waals surface area (Å²) in [6.45, 7) is 4.83. The first kappa shape index (κ1) is 18.5. The lowest BCUT2D eigenvalue weighted by Crippen LogP contribution is -2.39. The highest BCUT2D eigenvalue weighted by Crippen LogP contribution is 2.27. The number of carbonyl (C=O) groups is 2. The van der Waals surface area contributed by atoms with E-state index >= 15 is 0 Å². The van der Waals surface area contributed by atoms with Crippen molar-refractivity contribution in [2.24, 2.45) is 5.41 Å².